The number of rotatable bonds is 8. The Morgan fingerprint density at radius 3 is 2.77 bits per heavy atom. The summed E-state index contributed by atoms with van der Waals surface area (Å²) >= 11 is 0. The summed E-state index contributed by atoms with van der Waals surface area (Å²) in [6.07, 6.45) is 2.58. The number of ether oxygens (including phenoxy) is 2. The van der Waals surface area contributed by atoms with Crippen LogP contribution in [0.25, 0.3) is 10.9 Å². The fourth-order valence-corrected chi connectivity index (χ4v) is 4.06. The van der Waals surface area contributed by atoms with Gasteiger partial charge in [0.1, 0.15) is 0 Å². The van der Waals surface area contributed by atoms with Gasteiger partial charge in [0.2, 0.25) is 12.7 Å². The van der Waals surface area contributed by atoms with Crippen LogP contribution in [0.3, 0.4) is 0 Å². The van der Waals surface area contributed by atoms with E-state index in [4.69, 9.17) is 9.47 Å². The van der Waals surface area contributed by atoms with E-state index >= 15 is 0 Å². The highest BCUT2D eigenvalue weighted by atomic mass is 16.7. The zero-order valence-corrected chi connectivity index (χ0v) is 17.9. The summed E-state index contributed by atoms with van der Waals surface area (Å²) in [6.45, 7) is 4.83. The molecule has 0 saturated heterocycles. The number of carbonyl (C=O) groups excluding carboxylic acids is 1. The van der Waals surface area contributed by atoms with Gasteiger partial charge in [0.05, 0.1) is 27.2 Å². The van der Waals surface area contributed by atoms with E-state index in [-0.39, 0.29) is 18.6 Å². The molecule has 0 radical (unpaired) electrons. The lowest BCUT2D eigenvalue weighted by molar-refractivity contribution is -0.856. The number of amides is 1. The van der Waals surface area contributed by atoms with Crippen LogP contribution in [0, 0.1) is 0 Å². The van der Waals surface area contributed by atoms with Gasteiger partial charge in [-0.25, -0.2) is 0 Å². The van der Waals surface area contributed by atoms with Gasteiger partial charge in [-0.15, -0.1) is 0 Å². The van der Waals surface area contributed by atoms with E-state index < -0.39 is 0 Å². The Morgan fingerprint density at radius 1 is 1.17 bits per heavy atom. The van der Waals surface area contributed by atoms with Crippen LogP contribution in [0.4, 0.5) is 0 Å². The topological polar surface area (TPSA) is 56.9 Å². The van der Waals surface area contributed by atoms with Crippen molar-refractivity contribution < 1.29 is 19.2 Å². The molecule has 2 heterocycles. The Balaban J connectivity index is 1.70. The second-order valence-electron chi connectivity index (χ2n) is 8.06. The molecule has 1 aliphatic rings. The number of nitrogens with one attached hydrogen (secondary N) is 2. The Labute approximate surface area is 177 Å². The molecular weight excluding hydrogens is 378 g/mol. The van der Waals surface area contributed by atoms with Crippen LogP contribution in [0.2, 0.25) is 0 Å². The highest BCUT2D eigenvalue weighted by Crippen LogP contribution is 2.40. The predicted molar refractivity (Wildman–Crippen MR) is 117 cm³/mol. The van der Waals surface area contributed by atoms with Crippen molar-refractivity contribution in [1.29, 1.82) is 0 Å². The van der Waals surface area contributed by atoms with Crippen LogP contribution >= 0.6 is 0 Å². The molecule has 0 spiro atoms. The summed E-state index contributed by atoms with van der Waals surface area (Å²) in [6, 6.07) is 14.4. The third-order valence-corrected chi connectivity index (χ3v) is 5.67. The first kappa shape index (κ1) is 20.3. The van der Waals surface area contributed by atoms with Gasteiger partial charge < -0.3 is 24.3 Å². The maximum Gasteiger partial charge on any atom is 0.231 e. The predicted octanol–water partition coefficient (Wildman–Crippen LogP) is 2.17. The van der Waals surface area contributed by atoms with Gasteiger partial charge in [0.15, 0.2) is 11.5 Å². The summed E-state index contributed by atoms with van der Waals surface area (Å²) in [5.74, 6) is 1.50. The Bertz CT molecular complexity index is 1040. The van der Waals surface area contributed by atoms with Gasteiger partial charge in [-0.2, -0.15) is 0 Å². The van der Waals surface area contributed by atoms with E-state index in [0.717, 1.165) is 30.2 Å². The molecule has 3 aromatic rings. The molecule has 1 aromatic heterocycles. The first-order valence-corrected chi connectivity index (χ1v) is 10.6. The van der Waals surface area contributed by atoms with Crippen LogP contribution in [-0.2, 0) is 11.3 Å². The number of likely N-dealkylation sites (N-methyl/N-ethyl adjacent to an activating group) is 1. The van der Waals surface area contributed by atoms with Gasteiger partial charge >= 0.3 is 0 Å². The van der Waals surface area contributed by atoms with Crippen molar-refractivity contribution in [1.82, 2.24) is 9.88 Å². The minimum absolute atomic E-state index is 0.0623. The standard InChI is InChI=1S/C24H29N3O3/c1-4-27-15-20(18-7-5-6-8-21(18)27)19(14-24(28)25-11-12-26(2)3)17-9-10-22-23(13-17)30-16-29-22/h5-10,13,15,19H,4,11-12,14,16H2,1-3H3,(H,25,28)/p+1/t19-/m1/s1. The molecule has 0 fully saturated rings. The number of carbonyl (C=O) groups is 1. The normalized spacial score (nSPS) is 13.7. The average Bonchev–Trinajstić information content (AvgIpc) is 3.35. The smallest absolute Gasteiger partial charge is 0.231 e. The summed E-state index contributed by atoms with van der Waals surface area (Å²) < 4.78 is 13.3. The Morgan fingerprint density at radius 2 is 1.97 bits per heavy atom. The number of fused-ring (bicyclic) bond motifs is 2. The molecule has 30 heavy (non-hydrogen) atoms. The third kappa shape index (κ3) is 4.14. The van der Waals surface area contributed by atoms with E-state index in [2.05, 4.69) is 61.4 Å². The quantitative estimate of drug-likeness (QED) is 0.601. The fourth-order valence-electron chi connectivity index (χ4n) is 4.06. The van der Waals surface area contributed by atoms with Gasteiger partial charge in [-0.3, -0.25) is 4.79 Å². The summed E-state index contributed by atoms with van der Waals surface area (Å²) in [7, 11) is 4.17. The Kier molecular flexibility index (Phi) is 5.95. The number of benzene rings is 2. The number of hydrogen-bond donors (Lipinski definition) is 2. The molecular formula is C24H30N3O3+. The van der Waals surface area contributed by atoms with E-state index in [1.807, 2.05) is 18.2 Å². The maximum atomic E-state index is 12.8. The van der Waals surface area contributed by atoms with Crippen molar-refractivity contribution in [2.24, 2.45) is 0 Å². The molecule has 1 aliphatic heterocycles. The van der Waals surface area contributed by atoms with Crippen LogP contribution in [0.5, 0.6) is 11.5 Å². The largest absolute Gasteiger partial charge is 0.454 e. The molecule has 1 amide bonds. The van der Waals surface area contributed by atoms with Crippen LogP contribution in [0.1, 0.15) is 30.4 Å². The van der Waals surface area contributed by atoms with Crippen molar-refractivity contribution in [3.05, 3.63) is 59.8 Å². The third-order valence-electron chi connectivity index (χ3n) is 5.67. The lowest BCUT2D eigenvalue weighted by atomic mass is 9.87. The van der Waals surface area contributed by atoms with Crippen molar-refractivity contribution in [2.45, 2.75) is 25.8 Å². The molecule has 0 bridgehead atoms. The molecule has 0 unspecified atom stereocenters. The van der Waals surface area contributed by atoms with Crippen molar-refractivity contribution in [3.63, 3.8) is 0 Å². The van der Waals surface area contributed by atoms with Crippen molar-refractivity contribution >= 4 is 16.8 Å². The van der Waals surface area contributed by atoms with Crippen LogP contribution < -0.4 is 19.7 Å². The maximum absolute atomic E-state index is 12.8. The van der Waals surface area contributed by atoms with Crippen LogP contribution in [0.15, 0.2) is 48.7 Å². The van der Waals surface area contributed by atoms with Gasteiger partial charge in [0, 0.05) is 36.0 Å². The highest BCUT2D eigenvalue weighted by molar-refractivity contribution is 5.86. The molecule has 4 rings (SSSR count). The van der Waals surface area contributed by atoms with E-state index in [9.17, 15) is 4.79 Å². The number of aryl methyl sites for hydroxylation is 1. The number of quaternary nitrogens is 1. The number of hydrogen-bond acceptors (Lipinski definition) is 3. The first-order valence-electron chi connectivity index (χ1n) is 10.6. The number of nitrogens with zero attached hydrogens (tertiary/aromatic N) is 1. The van der Waals surface area contributed by atoms with Crippen molar-refractivity contribution in [3.8, 4) is 11.5 Å². The van der Waals surface area contributed by atoms with Crippen molar-refractivity contribution in [2.75, 3.05) is 34.0 Å². The van der Waals surface area contributed by atoms with E-state index in [1.165, 1.54) is 21.4 Å². The van der Waals surface area contributed by atoms with Gasteiger partial charge in [0.25, 0.3) is 0 Å². The second-order valence-corrected chi connectivity index (χ2v) is 8.06. The zero-order valence-electron chi connectivity index (χ0n) is 17.9. The van der Waals surface area contributed by atoms with Gasteiger partial charge in [-0.1, -0.05) is 24.3 Å². The molecule has 0 saturated carbocycles. The molecule has 6 nitrogen and oxygen atoms in total. The SMILES string of the molecule is CCn1cc([C@H](CC(=O)NCC[NH+](C)C)c2ccc3c(c2)OCO3)c2ccccc21. The molecule has 0 aliphatic carbocycles. The van der Waals surface area contributed by atoms with E-state index in [1.54, 1.807) is 0 Å². The summed E-state index contributed by atoms with van der Waals surface area (Å²) in [5.41, 5.74) is 3.42. The lowest BCUT2D eigenvalue weighted by Gasteiger charge is -2.18. The highest BCUT2D eigenvalue weighted by Gasteiger charge is 2.25. The zero-order chi connectivity index (χ0) is 21.1. The monoisotopic (exact) mass is 408 g/mol. The van der Waals surface area contributed by atoms with E-state index in [0.29, 0.717) is 13.0 Å². The number of aromatic nitrogens is 1. The molecule has 6 heteroatoms. The molecule has 2 aromatic carbocycles. The minimum atomic E-state index is -0.0658. The molecule has 2 N–H and O–H groups in total. The fraction of sp³-hybridized carbons (Fsp3) is 0.375. The van der Waals surface area contributed by atoms with Crippen LogP contribution in [-0.4, -0.2) is 44.5 Å². The lowest BCUT2D eigenvalue weighted by Crippen LogP contribution is -3.06. The number of para-hydroxylation sites is 1. The summed E-state index contributed by atoms with van der Waals surface area (Å²) in [4.78, 5) is 14.2. The summed E-state index contributed by atoms with van der Waals surface area (Å²) in [5, 5.41) is 4.27. The molecule has 1 atom stereocenters. The van der Waals surface area contributed by atoms with Gasteiger partial charge in [-0.05, 0) is 36.2 Å². The second kappa shape index (κ2) is 8.79. The first-order chi connectivity index (χ1) is 14.6. The average molecular weight is 409 g/mol. The minimum Gasteiger partial charge on any atom is -0.454 e. The molecule has 158 valence electrons. The Hall–Kier alpha value is -2.99.